The summed E-state index contributed by atoms with van der Waals surface area (Å²) in [6.45, 7) is 2.05. The normalized spacial score (nSPS) is 38.1. The van der Waals surface area contributed by atoms with E-state index in [-0.39, 0.29) is 5.78 Å². The Hall–Kier alpha value is -1.94. The highest BCUT2D eigenvalue weighted by Crippen LogP contribution is 2.67. The molecule has 2 aliphatic carbocycles. The number of rotatable bonds is 1. The van der Waals surface area contributed by atoms with Crippen LogP contribution in [0.1, 0.15) is 55.7 Å². The second-order valence-corrected chi connectivity index (χ2v) is 9.81. The number of aryl methyl sites for hydroxylation is 1. The van der Waals surface area contributed by atoms with Crippen molar-refractivity contribution < 1.29 is 14.3 Å². The molecule has 154 valence electrons. The molecule has 3 fully saturated rings. The summed E-state index contributed by atoms with van der Waals surface area (Å²) in [4.78, 5) is 13.8. The number of halogens is 1. The zero-order valence-corrected chi connectivity index (χ0v) is 17.9. The summed E-state index contributed by atoms with van der Waals surface area (Å²) < 4.78 is 13.6. The number of hydrogen-bond donors (Lipinski definition) is 0. The van der Waals surface area contributed by atoms with Crippen LogP contribution in [0.5, 0.6) is 0 Å². The van der Waals surface area contributed by atoms with Crippen molar-refractivity contribution in [3.8, 4) is 0 Å². The van der Waals surface area contributed by atoms with Crippen LogP contribution in [0.2, 0.25) is 5.02 Å². The van der Waals surface area contributed by atoms with Crippen molar-refractivity contribution in [1.82, 2.24) is 0 Å². The molecule has 2 heterocycles. The molecule has 0 amide bonds. The molecule has 4 aliphatic rings. The van der Waals surface area contributed by atoms with Gasteiger partial charge in [-0.1, -0.05) is 60.5 Å². The Bertz CT molecular complexity index is 1070. The molecule has 1 unspecified atom stereocenters. The molecule has 30 heavy (non-hydrogen) atoms. The Labute approximate surface area is 182 Å². The van der Waals surface area contributed by atoms with Crippen LogP contribution in [0.4, 0.5) is 0 Å². The van der Waals surface area contributed by atoms with Gasteiger partial charge in [0, 0.05) is 11.4 Å². The van der Waals surface area contributed by atoms with Crippen molar-refractivity contribution in [2.24, 2.45) is 5.41 Å². The van der Waals surface area contributed by atoms with Gasteiger partial charge in [-0.2, -0.15) is 0 Å². The first-order chi connectivity index (χ1) is 14.5. The quantitative estimate of drug-likeness (QED) is 0.581. The van der Waals surface area contributed by atoms with Crippen molar-refractivity contribution in [1.29, 1.82) is 0 Å². The molecule has 4 atom stereocenters. The molecule has 2 aromatic rings. The van der Waals surface area contributed by atoms with E-state index in [4.69, 9.17) is 21.1 Å². The SMILES string of the molecule is C[C@]12CCCC[C@@]13O[C@@H](C2=O)C1(O3)/C(=C/c2ccc(Cl)cc2)CCc2ccccc21. The van der Waals surface area contributed by atoms with Crippen LogP contribution < -0.4 is 0 Å². The fourth-order valence-electron chi connectivity index (χ4n) is 6.20. The summed E-state index contributed by atoms with van der Waals surface area (Å²) in [5.41, 5.74) is 3.17. The van der Waals surface area contributed by atoms with Crippen molar-refractivity contribution >= 4 is 23.5 Å². The average molecular weight is 421 g/mol. The van der Waals surface area contributed by atoms with E-state index in [0.717, 1.165) is 55.2 Å². The van der Waals surface area contributed by atoms with E-state index in [2.05, 4.69) is 31.2 Å². The largest absolute Gasteiger partial charge is 0.334 e. The fourth-order valence-corrected chi connectivity index (χ4v) is 6.33. The van der Waals surface area contributed by atoms with Crippen molar-refractivity contribution in [2.75, 3.05) is 0 Å². The highest BCUT2D eigenvalue weighted by Gasteiger charge is 2.77. The number of Topliss-reactive ketones (excluding diaryl/α,β-unsaturated/α-hetero) is 1. The Morgan fingerprint density at radius 1 is 1.03 bits per heavy atom. The number of carbonyl (C=O) groups excluding carboxylic acids is 1. The molecule has 0 N–H and O–H groups in total. The summed E-state index contributed by atoms with van der Waals surface area (Å²) in [6.07, 6.45) is 7.09. The summed E-state index contributed by atoms with van der Waals surface area (Å²) in [5.74, 6) is -0.594. The average Bonchev–Trinajstić information content (AvgIpc) is 3.21. The molecular formula is C26H25ClO3. The third-order valence-corrected chi connectivity index (χ3v) is 8.08. The number of fused-ring (bicyclic) bond motifs is 4. The molecule has 2 saturated heterocycles. The van der Waals surface area contributed by atoms with Gasteiger partial charge >= 0.3 is 0 Å². The lowest BCUT2D eigenvalue weighted by Crippen LogP contribution is -2.59. The van der Waals surface area contributed by atoms with E-state index in [9.17, 15) is 4.79 Å². The number of carbonyl (C=O) groups is 1. The Balaban J connectivity index is 1.56. The van der Waals surface area contributed by atoms with Gasteiger partial charge in [0.05, 0.1) is 5.41 Å². The van der Waals surface area contributed by atoms with Crippen LogP contribution >= 0.6 is 11.6 Å². The third kappa shape index (κ3) is 2.26. The predicted molar refractivity (Wildman–Crippen MR) is 116 cm³/mol. The topological polar surface area (TPSA) is 35.5 Å². The lowest BCUT2D eigenvalue weighted by atomic mass is 9.62. The standard InChI is InChI=1S/C26H25ClO3/c1-24-14-4-5-15-25(24)29-23(22(24)28)26(30-25)19(16-17-8-12-20(27)13-9-17)11-10-18-6-2-3-7-21(18)26/h2-3,6-9,12-13,16,23H,4-5,10-11,14-15H2,1H3/b19-16+/t23-,24+,25-,26?/m0/s1. The molecule has 2 aromatic carbocycles. The van der Waals surface area contributed by atoms with Gasteiger partial charge < -0.3 is 9.47 Å². The molecule has 4 heteroatoms. The van der Waals surface area contributed by atoms with Crippen LogP contribution in [0.25, 0.3) is 6.08 Å². The minimum absolute atomic E-state index is 0.215. The van der Waals surface area contributed by atoms with Gasteiger partial charge in [-0.25, -0.2) is 0 Å². The molecule has 0 radical (unpaired) electrons. The number of hydrogen-bond acceptors (Lipinski definition) is 3. The number of ketones is 1. The van der Waals surface area contributed by atoms with E-state index < -0.39 is 22.9 Å². The second-order valence-electron chi connectivity index (χ2n) is 9.37. The van der Waals surface area contributed by atoms with Crippen molar-refractivity contribution in [3.63, 3.8) is 0 Å². The summed E-state index contributed by atoms with van der Waals surface area (Å²) in [6, 6.07) is 16.2. The summed E-state index contributed by atoms with van der Waals surface area (Å²) >= 11 is 6.09. The van der Waals surface area contributed by atoms with E-state index in [0.29, 0.717) is 5.02 Å². The monoisotopic (exact) mass is 420 g/mol. The third-order valence-electron chi connectivity index (χ3n) is 7.83. The van der Waals surface area contributed by atoms with Crippen LogP contribution in [0.3, 0.4) is 0 Å². The first-order valence-electron chi connectivity index (χ1n) is 11.0. The van der Waals surface area contributed by atoms with Gasteiger partial charge in [-0.15, -0.1) is 0 Å². The van der Waals surface area contributed by atoms with E-state index >= 15 is 0 Å². The Morgan fingerprint density at radius 3 is 2.63 bits per heavy atom. The zero-order chi connectivity index (χ0) is 20.6. The van der Waals surface area contributed by atoms with Gasteiger partial charge in [0.15, 0.2) is 23.3 Å². The first-order valence-corrected chi connectivity index (χ1v) is 11.3. The fraction of sp³-hybridized carbons (Fsp3) is 0.423. The van der Waals surface area contributed by atoms with Gasteiger partial charge in [-0.3, -0.25) is 4.79 Å². The lowest BCUT2D eigenvalue weighted by molar-refractivity contribution is -0.249. The Kier molecular flexibility index (Phi) is 3.94. The van der Waals surface area contributed by atoms with Gasteiger partial charge in [-0.05, 0) is 67.0 Å². The molecule has 3 nitrogen and oxygen atoms in total. The molecule has 2 bridgehead atoms. The summed E-state index contributed by atoms with van der Waals surface area (Å²) in [7, 11) is 0. The van der Waals surface area contributed by atoms with Crippen LogP contribution in [0, 0.1) is 5.41 Å². The van der Waals surface area contributed by atoms with Crippen molar-refractivity contribution in [2.45, 2.75) is 62.9 Å². The number of ether oxygens (including phenoxy) is 2. The molecule has 2 spiro atoms. The van der Waals surface area contributed by atoms with Crippen LogP contribution in [0.15, 0.2) is 54.1 Å². The van der Waals surface area contributed by atoms with E-state index in [1.54, 1.807) is 0 Å². The summed E-state index contributed by atoms with van der Waals surface area (Å²) in [5, 5.41) is 0.715. The Morgan fingerprint density at radius 2 is 1.80 bits per heavy atom. The predicted octanol–water partition coefficient (Wildman–Crippen LogP) is 5.84. The lowest BCUT2D eigenvalue weighted by Gasteiger charge is -2.50. The molecule has 2 aliphatic heterocycles. The molecule has 0 aromatic heterocycles. The minimum Gasteiger partial charge on any atom is -0.334 e. The maximum Gasteiger partial charge on any atom is 0.183 e. The molecule has 6 rings (SSSR count). The van der Waals surface area contributed by atoms with Gasteiger partial charge in [0.25, 0.3) is 0 Å². The smallest absolute Gasteiger partial charge is 0.183 e. The highest BCUT2D eigenvalue weighted by molar-refractivity contribution is 6.30. The zero-order valence-electron chi connectivity index (χ0n) is 17.1. The maximum absolute atomic E-state index is 13.8. The molecular weight excluding hydrogens is 396 g/mol. The van der Waals surface area contributed by atoms with Crippen LogP contribution in [-0.2, 0) is 26.3 Å². The second kappa shape index (κ2) is 6.29. The maximum atomic E-state index is 13.8. The number of benzene rings is 2. The van der Waals surface area contributed by atoms with E-state index in [1.807, 2.05) is 30.3 Å². The van der Waals surface area contributed by atoms with Crippen LogP contribution in [-0.4, -0.2) is 17.7 Å². The van der Waals surface area contributed by atoms with Crippen molar-refractivity contribution in [3.05, 3.63) is 75.8 Å². The first kappa shape index (κ1) is 18.8. The minimum atomic E-state index is -0.831. The van der Waals surface area contributed by atoms with E-state index in [1.165, 1.54) is 5.56 Å². The van der Waals surface area contributed by atoms with Gasteiger partial charge in [0.2, 0.25) is 0 Å². The van der Waals surface area contributed by atoms with Gasteiger partial charge in [0.1, 0.15) is 0 Å². The molecule has 1 saturated carbocycles. The highest BCUT2D eigenvalue weighted by atomic mass is 35.5.